The molecule has 3 aromatic rings. The quantitative estimate of drug-likeness (QED) is 0.446. The van der Waals surface area contributed by atoms with Crippen LogP contribution in [0.15, 0.2) is 66.9 Å². The van der Waals surface area contributed by atoms with Crippen LogP contribution in [-0.4, -0.2) is 23.2 Å². The Balaban J connectivity index is 1.19. The normalized spacial score (nSPS) is 17.0. The van der Waals surface area contributed by atoms with E-state index in [0.717, 1.165) is 50.4 Å². The number of aromatic nitrogens is 1. The number of anilines is 2. The number of nitrogens with zero attached hydrogens (tertiary/aromatic N) is 2. The van der Waals surface area contributed by atoms with E-state index >= 15 is 0 Å². The molecule has 2 aliphatic rings. The number of hydrogen-bond acceptors (Lipinski definition) is 3. The third kappa shape index (κ3) is 5.07. The molecule has 34 heavy (non-hydrogen) atoms. The minimum Gasteiger partial charge on any atom is -0.362 e. The Morgan fingerprint density at radius 1 is 0.971 bits per heavy atom. The number of nitrogens with one attached hydrogen (secondary N) is 2. The molecule has 0 atom stereocenters. The number of rotatable bonds is 5. The Morgan fingerprint density at radius 2 is 1.74 bits per heavy atom. The van der Waals surface area contributed by atoms with Gasteiger partial charge in [-0.25, -0.2) is 9.37 Å². The summed E-state index contributed by atoms with van der Waals surface area (Å²) in [6, 6.07) is 19.7. The van der Waals surface area contributed by atoms with Crippen LogP contribution in [0.4, 0.5) is 15.9 Å². The predicted molar refractivity (Wildman–Crippen MR) is 141 cm³/mol. The lowest BCUT2D eigenvalue weighted by molar-refractivity contribution is 0.292. The van der Waals surface area contributed by atoms with Gasteiger partial charge in [-0.3, -0.25) is 0 Å². The lowest BCUT2D eigenvalue weighted by Gasteiger charge is -2.38. The molecule has 0 radical (unpaired) electrons. The van der Waals surface area contributed by atoms with Gasteiger partial charge in [0.15, 0.2) is 5.11 Å². The van der Waals surface area contributed by atoms with Gasteiger partial charge in [-0.1, -0.05) is 55.7 Å². The summed E-state index contributed by atoms with van der Waals surface area (Å²) in [5, 5.41) is 7.31. The second kappa shape index (κ2) is 10.1. The Labute approximate surface area is 206 Å². The van der Waals surface area contributed by atoms with E-state index in [-0.39, 0.29) is 11.2 Å². The molecule has 5 rings (SSSR count). The van der Waals surface area contributed by atoms with Crippen molar-refractivity contribution in [1.29, 1.82) is 0 Å². The second-order valence-electron chi connectivity index (χ2n) is 9.50. The summed E-state index contributed by atoms with van der Waals surface area (Å²) in [5.41, 5.74) is 4.87. The largest absolute Gasteiger partial charge is 0.362 e. The first-order valence-corrected chi connectivity index (χ1v) is 12.6. The molecular formula is C28H31FN4S. The van der Waals surface area contributed by atoms with Gasteiger partial charge < -0.3 is 15.5 Å². The van der Waals surface area contributed by atoms with Crippen LogP contribution in [0, 0.1) is 5.82 Å². The first-order valence-electron chi connectivity index (χ1n) is 12.2. The van der Waals surface area contributed by atoms with Crippen LogP contribution in [0.1, 0.15) is 48.8 Å². The average molecular weight is 475 g/mol. The van der Waals surface area contributed by atoms with Crippen LogP contribution in [0.2, 0.25) is 0 Å². The zero-order valence-corrected chi connectivity index (χ0v) is 20.2. The monoisotopic (exact) mass is 474 g/mol. The van der Waals surface area contributed by atoms with Crippen LogP contribution >= 0.6 is 12.2 Å². The van der Waals surface area contributed by atoms with E-state index in [1.807, 2.05) is 24.4 Å². The number of benzene rings is 2. The Kier molecular flexibility index (Phi) is 6.77. The van der Waals surface area contributed by atoms with Crippen LogP contribution < -0.4 is 15.5 Å². The molecule has 4 nitrogen and oxygen atoms in total. The van der Waals surface area contributed by atoms with Gasteiger partial charge in [-0.2, -0.15) is 0 Å². The first-order chi connectivity index (χ1) is 16.6. The molecule has 2 N–H and O–H groups in total. The molecule has 1 aromatic heterocycles. The third-order valence-corrected chi connectivity index (χ3v) is 7.56. The third-order valence-electron chi connectivity index (χ3n) is 7.31. The number of hydrogen-bond donors (Lipinski definition) is 2. The van der Waals surface area contributed by atoms with E-state index in [4.69, 9.17) is 12.2 Å². The molecule has 0 bridgehead atoms. The van der Waals surface area contributed by atoms with E-state index in [1.54, 1.807) is 12.1 Å². The van der Waals surface area contributed by atoms with Crippen LogP contribution in [0.25, 0.3) is 0 Å². The Hall–Kier alpha value is -2.99. The maximum absolute atomic E-state index is 13.5. The second-order valence-corrected chi connectivity index (χ2v) is 9.91. The number of halogens is 1. The summed E-state index contributed by atoms with van der Waals surface area (Å²) in [7, 11) is 0. The highest BCUT2D eigenvalue weighted by molar-refractivity contribution is 7.80. The molecule has 2 heterocycles. The first kappa shape index (κ1) is 22.8. The van der Waals surface area contributed by atoms with Crippen molar-refractivity contribution < 1.29 is 4.39 Å². The van der Waals surface area contributed by atoms with Gasteiger partial charge in [0, 0.05) is 25.0 Å². The van der Waals surface area contributed by atoms with E-state index in [1.165, 1.54) is 36.0 Å². The summed E-state index contributed by atoms with van der Waals surface area (Å²) in [6.07, 6.45) is 8.69. The molecule has 1 aliphatic heterocycles. The summed E-state index contributed by atoms with van der Waals surface area (Å²) in [5.74, 6) is 0.793. The highest BCUT2D eigenvalue weighted by Crippen LogP contribution is 2.39. The summed E-state index contributed by atoms with van der Waals surface area (Å²) in [6.45, 7) is 2.60. The predicted octanol–water partition coefficient (Wildman–Crippen LogP) is 5.97. The zero-order valence-electron chi connectivity index (χ0n) is 19.4. The molecule has 1 aliphatic carbocycles. The van der Waals surface area contributed by atoms with Crippen molar-refractivity contribution in [2.24, 2.45) is 0 Å². The van der Waals surface area contributed by atoms with Crippen LogP contribution in [-0.2, 0) is 18.4 Å². The Bertz CT molecular complexity index is 1120. The van der Waals surface area contributed by atoms with Gasteiger partial charge in [-0.15, -0.1) is 0 Å². The van der Waals surface area contributed by atoms with Crippen LogP contribution in [0.3, 0.4) is 0 Å². The fraction of sp³-hybridized carbons (Fsp3) is 0.357. The van der Waals surface area contributed by atoms with E-state index in [2.05, 4.69) is 50.8 Å². The van der Waals surface area contributed by atoms with Gasteiger partial charge in [0.05, 0.1) is 11.9 Å². The van der Waals surface area contributed by atoms with Crippen molar-refractivity contribution in [2.75, 3.05) is 23.3 Å². The molecule has 176 valence electrons. The molecule has 1 fully saturated rings. The number of pyridine rings is 1. The lowest BCUT2D eigenvalue weighted by Crippen LogP contribution is -2.43. The standard InChI is InChI=1S/C28H31FN4S/c29-24-10-8-23(9-11-24)28(15-4-1-5-16-28)20-31-27(34)32-25-12-13-26(30-18-25)33-17-14-21-6-2-3-7-22(21)19-33/h2-3,6-13,18H,1,4-5,14-17,19-20H2,(H2,31,32,34). The molecule has 0 unspecified atom stereocenters. The maximum Gasteiger partial charge on any atom is 0.170 e. The molecule has 0 saturated heterocycles. The van der Waals surface area contributed by atoms with Gasteiger partial charge in [0.25, 0.3) is 0 Å². The van der Waals surface area contributed by atoms with Crippen molar-refractivity contribution >= 4 is 28.8 Å². The smallest absolute Gasteiger partial charge is 0.170 e. The zero-order chi connectivity index (χ0) is 23.4. The van der Waals surface area contributed by atoms with Crippen molar-refractivity contribution in [3.8, 4) is 0 Å². The highest BCUT2D eigenvalue weighted by Gasteiger charge is 2.34. The fourth-order valence-corrected chi connectivity index (χ4v) is 5.55. The number of fused-ring (bicyclic) bond motifs is 1. The van der Waals surface area contributed by atoms with Gasteiger partial charge in [0.2, 0.25) is 0 Å². The van der Waals surface area contributed by atoms with Gasteiger partial charge >= 0.3 is 0 Å². The van der Waals surface area contributed by atoms with Crippen molar-refractivity contribution in [3.63, 3.8) is 0 Å². The van der Waals surface area contributed by atoms with Gasteiger partial charge in [-0.05, 0) is 72.4 Å². The molecular weight excluding hydrogens is 443 g/mol. The summed E-state index contributed by atoms with van der Waals surface area (Å²) >= 11 is 5.61. The lowest BCUT2D eigenvalue weighted by atomic mass is 9.69. The topological polar surface area (TPSA) is 40.2 Å². The van der Waals surface area contributed by atoms with Crippen molar-refractivity contribution in [1.82, 2.24) is 10.3 Å². The van der Waals surface area contributed by atoms with Crippen LogP contribution in [0.5, 0.6) is 0 Å². The van der Waals surface area contributed by atoms with Crippen molar-refractivity contribution in [3.05, 3.63) is 89.4 Å². The van der Waals surface area contributed by atoms with E-state index in [9.17, 15) is 4.39 Å². The fourth-order valence-electron chi connectivity index (χ4n) is 5.36. The minimum absolute atomic E-state index is 0.00957. The Morgan fingerprint density at radius 3 is 2.47 bits per heavy atom. The summed E-state index contributed by atoms with van der Waals surface area (Å²) < 4.78 is 13.5. The SMILES string of the molecule is Fc1ccc(C2(CNC(=S)Nc3ccc(N4CCc5ccccc5C4)nc3)CCCCC2)cc1. The minimum atomic E-state index is -0.190. The van der Waals surface area contributed by atoms with E-state index < -0.39 is 0 Å². The summed E-state index contributed by atoms with van der Waals surface area (Å²) in [4.78, 5) is 7.01. The average Bonchev–Trinajstić information content (AvgIpc) is 2.89. The molecule has 0 amide bonds. The highest BCUT2D eigenvalue weighted by atomic mass is 32.1. The number of thiocarbonyl (C=S) groups is 1. The maximum atomic E-state index is 13.5. The van der Waals surface area contributed by atoms with Gasteiger partial charge in [0.1, 0.15) is 11.6 Å². The van der Waals surface area contributed by atoms with Crippen molar-refractivity contribution in [2.45, 2.75) is 50.5 Å². The molecule has 1 saturated carbocycles. The molecule has 2 aromatic carbocycles. The molecule has 0 spiro atoms. The van der Waals surface area contributed by atoms with E-state index in [0.29, 0.717) is 5.11 Å². The molecule has 6 heteroatoms.